The van der Waals surface area contributed by atoms with Gasteiger partial charge in [-0.25, -0.2) is 4.68 Å². The third-order valence-corrected chi connectivity index (χ3v) is 3.79. The molecule has 0 radical (unpaired) electrons. The van der Waals surface area contributed by atoms with Gasteiger partial charge in [0.05, 0.1) is 19.0 Å². The highest BCUT2D eigenvalue weighted by molar-refractivity contribution is 9.10. The molecule has 20 heavy (non-hydrogen) atoms. The standard InChI is InChI=1S/C13H13BrClN3O2/c1-18-13(19)12(14)10(7-17-18)16-6-8-5-9(15)3-4-11(8)20-2/h3-5,7,16H,6H2,1-2H3. The molecule has 7 heteroatoms. The van der Waals surface area contributed by atoms with Gasteiger partial charge in [0, 0.05) is 24.2 Å². The first-order valence-corrected chi connectivity index (χ1v) is 6.98. The monoisotopic (exact) mass is 357 g/mol. The van der Waals surface area contributed by atoms with Crippen LogP contribution in [0.15, 0.2) is 33.7 Å². The third kappa shape index (κ3) is 3.13. The second-order valence-electron chi connectivity index (χ2n) is 4.11. The molecule has 0 spiro atoms. The minimum Gasteiger partial charge on any atom is -0.496 e. The highest BCUT2D eigenvalue weighted by Crippen LogP contribution is 2.24. The zero-order chi connectivity index (χ0) is 14.7. The van der Waals surface area contributed by atoms with Gasteiger partial charge < -0.3 is 10.1 Å². The van der Waals surface area contributed by atoms with Crippen LogP contribution in [0.4, 0.5) is 5.69 Å². The first-order chi connectivity index (χ1) is 9.52. The first kappa shape index (κ1) is 14.9. The van der Waals surface area contributed by atoms with E-state index in [9.17, 15) is 4.79 Å². The van der Waals surface area contributed by atoms with Crippen molar-refractivity contribution in [2.45, 2.75) is 6.54 Å². The number of hydrogen-bond donors (Lipinski definition) is 1. The summed E-state index contributed by atoms with van der Waals surface area (Å²) in [6.45, 7) is 0.469. The molecule has 0 aliphatic carbocycles. The summed E-state index contributed by atoms with van der Waals surface area (Å²) >= 11 is 9.24. The number of rotatable bonds is 4. The van der Waals surface area contributed by atoms with E-state index in [0.29, 0.717) is 21.7 Å². The van der Waals surface area contributed by atoms with E-state index in [-0.39, 0.29) is 5.56 Å². The van der Waals surface area contributed by atoms with Crippen molar-refractivity contribution in [2.75, 3.05) is 12.4 Å². The summed E-state index contributed by atoms with van der Waals surface area (Å²) in [4.78, 5) is 11.7. The minimum absolute atomic E-state index is 0.201. The lowest BCUT2D eigenvalue weighted by molar-refractivity contribution is 0.410. The van der Waals surface area contributed by atoms with E-state index < -0.39 is 0 Å². The van der Waals surface area contributed by atoms with Crippen molar-refractivity contribution in [1.29, 1.82) is 0 Å². The third-order valence-electron chi connectivity index (χ3n) is 2.79. The van der Waals surface area contributed by atoms with Crippen LogP contribution in [0.1, 0.15) is 5.56 Å². The van der Waals surface area contributed by atoms with Crippen LogP contribution >= 0.6 is 27.5 Å². The van der Waals surface area contributed by atoms with E-state index in [2.05, 4.69) is 26.3 Å². The Morgan fingerprint density at radius 2 is 2.25 bits per heavy atom. The van der Waals surface area contributed by atoms with Crippen molar-refractivity contribution >= 4 is 33.2 Å². The number of methoxy groups -OCH3 is 1. The zero-order valence-electron chi connectivity index (χ0n) is 11.0. The molecule has 0 saturated carbocycles. The van der Waals surface area contributed by atoms with Crippen LogP contribution in [0.3, 0.4) is 0 Å². The Bertz CT molecular complexity index is 688. The van der Waals surface area contributed by atoms with Crippen LogP contribution in [0.25, 0.3) is 0 Å². The minimum atomic E-state index is -0.201. The SMILES string of the molecule is COc1ccc(Cl)cc1CNc1cnn(C)c(=O)c1Br. The average Bonchev–Trinajstić information content (AvgIpc) is 2.44. The van der Waals surface area contributed by atoms with Gasteiger partial charge in [-0.2, -0.15) is 5.10 Å². The predicted octanol–water partition coefficient (Wildman–Crippen LogP) is 2.82. The Morgan fingerprint density at radius 3 is 2.95 bits per heavy atom. The summed E-state index contributed by atoms with van der Waals surface area (Å²) in [5, 5.41) is 7.73. The van der Waals surface area contributed by atoms with Gasteiger partial charge in [0.25, 0.3) is 5.56 Å². The van der Waals surface area contributed by atoms with E-state index >= 15 is 0 Å². The molecule has 0 saturated heterocycles. The van der Waals surface area contributed by atoms with E-state index in [1.807, 2.05) is 6.07 Å². The number of nitrogens with one attached hydrogen (secondary N) is 1. The molecule has 1 N–H and O–H groups in total. The number of halogens is 2. The Labute approximate surface area is 129 Å². The average molecular weight is 359 g/mol. The van der Waals surface area contributed by atoms with Crippen LogP contribution in [-0.2, 0) is 13.6 Å². The summed E-state index contributed by atoms with van der Waals surface area (Å²) in [5.74, 6) is 0.731. The van der Waals surface area contributed by atoms with Crippen LogP contribution in [0.5, 0.6) is 5.75 Å². The molecule has 0 aliphatic rings. The van der Waals surface area contributed by atoms with Gasteiger partial charge in [-0.1, -0.05) is 11.6 Å². The first-order valence-electron chi connectivity index (χ1n) is 5.81. The summed E-state index contributed by atoms with van der Waals surface area (Å²) in [6.07, 6.45) is 1.59. The lowest BCUT2D eigenvalue weighted by Gasteiger charge is -2.12. The molecule has 1 heterocycles. The van der Waals surface area contributed by atoms with E-state index in [0.717, 1.165) is 11.3 Å². The van der Waals surface area contributed by atoms with Crippen LogP contribution < -0.4 is 15.6 Å². The number of ether oxygens (including phenoxy) is 1. The molecular weight excluding hydrogens is 346 g/mol. The van der Waals surface area contributed by atoms with Crippen molar-refractivity contribution in [3.63, 3.8) is 0 Å². The van der Waals surface area contributed by atoms with Gasteiger partial charge in [0.2, 0.25) is 0 Å². The fourth-order valence-corrected chi connectivity index (χ4v) is 2.40. The second kappa shape index (κ2) is 6.28. The van der Waals surface area contributed by atoms with Gasteiger partial charge >= 0.3 is 0 Å². The summed E-state index contributed by atoms with van der Waals surface area (Å²) in [6, 6.07) is 5.38. The molecule has 106 valence electrons. The molecule has 2 aromatic rings. The number of hydrogen-bond acceptors (Lipinski definition) is 4. The normalized spacial score (nSPS) is 10.4. The van der Waals surface area contributed by atoms with Crippen molar-refractivity contribution in [1.82, 2.24) is 9.78 Å². The lowest BCUT2D eigenvalue weighted by Crippen LogP contribution is -2.21. The maximum Gasteiger partial charge on any atom is 0.282 e. The number of anilines is 1. The summed E-state index contributed by atoms with van der Waals surface area (Å²) in [5.41, 5.74) is 1.32. The molecule has 1 aromatic heterocycles. The molecule has 2 rings (SSSR count). The predicted molar refractivity (Wildman–Crippen MR) is 82.5 cm³/mol. The molecule has 0 bridgehead atoms. The number of aromatic nitrogens is 2. The van der Waals surface area contributed by atoms with Crippen LogP contribution in [0.2, 0.25) is 5.02 Å². The Kier molecular flexibility index (Phi) is 4.67. The van der Waals surface area contributed by atoms with Gasteiger partial charge in [0.15, 0.2) is 0 Å². The fraction of sp³-hybridized carbons (Fsp3) is 0.231. The number of nitrogens with zero attached hydrogens (tertiary/aromatic N) is 2. The maximum atomic E-state index is 11.7. The molecule has 0 unspecified atom stereocenters. The topological polar surface area (TPSA) is 56.1 Å². The van der Waals surface area contributed by atoms with Crippen molar-refractivity contribution in [3.05, 3.63) is 49.8 Å². The van der Waals surface area contributed by atoms with E-state index in [1.165, 1.54) is 4.68 Å². The largest absolute Gasteiger partial charge is 0.496 e. The second-order valence-corrected chi connectivity index (χ2v) is 5.34. The number of benzene rings is 1. The van der Waals surface area contributed by atoms with Gasteiger partial charge in [0.1, 0.15) is 10.2 Å². The van der Waals surface area contributed by atoms with Crippen molar-refractivity contribution < 1.29 is 4.74 Å². The Morgan fingerprint density at radius 1 is 1.50 bits per heavy atom. The fourth-order valence-electron chi connectivity index (χ4n) is 1.71. The number of aryl methyl sites for hydroxylation is 1. The van der Waals surface area contributed by atoms with E-state index in [4.69, 9.17) is 16.3 Å². The van der Waals surface area contributed by atoms with E-state index in [1.54, 1.807) is 32.5 Å². The highest BCUT2D eigenvalue weighted by Gasteiger charge is 2.08. The zero-order valence-corrected chi connectivity index (χ0v) is 13.3. The molecular formula is C13H13BrClN3O2. The highest BCUT2D eigenvalue weighted by atomic mass is 79.9. The van der Waals surface area contributed by atoms with Gasteiger partial charge in [-0.05, 0) is 34.1 Å². The molecule has 0 atom stereocenters. The quantitative estimate of drug-likeness (QED) is 0.913. The Hall–Kier alpha value is -1.53. The molecule has 0 fully saturated rings. The van der Waals surface area contributed by atoms with Crippen LogP contribution in [-0.4, -0.2) is 16.9 Å². The summed E-state index contributed by atoms with van der Waals surface area (Å²) in [7, 11) is 3.19. The molecule has 1 aromatic carbocycles. The smallest absolute Gasteiger partial charge is 0.282 e. The summed E-state index contributed by atoms with van der Waals surface area (Å²) < 4.78 is 6.97. The Balaban J connectivity index is 2.23. The maximum absolute atomic E-state index is 11.7. The van der Waals surface area contributed by atoms with Crippen molar-refractivity contribution in [2.24, 2.45) is 7.05 Å². The van der Waals surface area contributed by atoms with Gasteiger partial charge in [-0.3, -0.25) is 4.79 Å². The molecule has 0 amide bonds. The van der Waals surface area contributed by atoms with Gasteiger partial charge in [-0.15, -0.1) is 0 Å². The molecule has 5 nitrogen and oxygen atoms in total. The molecule has 0 aliphatic heterocycles. The van der Waals surface area contributed by atoms with Crippen molar-refractivity contribution in [3.8, 4) is 5.75 Å². The van der Waals surface area contributed by atoms with Crippen LogP contribution in [0, 0.1) is 0 Å². The lowest BCUT2D eigenvalue weighted by atomic mass is 10.2.